The molecule has 6 rings (SSSR count). The normalized spacial score (nSPS) is 15.3. The van der Waals surface area contributed by atoms with E-state index in [2.05, 4.69) is 50.3 Å². The van der Waals surface area contributed by atoms with Crippen molar-refractivity contribution in [3.05, 3.63) is 97.1 Å². The van der Waals surface area contributed by atoms with Gasteiger partial charge in [-0.1, -0.05) is 47.1 Å². The number of hydrogen-bond acceptors (Lipinski definition) is 5. The number of aryl methyl sites for hydroxylation is 1. The third kappa shape index (κ3) is 5.12. The summed E-state index contributed by atoms with van der Waals surface area (Å²) in [6, 6.07) is 10.5. The fourth-order valence-electron chi connectivity index (χ4n) is 5.85. The van der Waals surface area contributed by atoms with Crippen molar-refractivity contribution in [1.29, 1.82) is 0 Å². The van der Waals surface area contributed by atoms with E-state index in [-0.39, 0.29) is 34.5 Å². The molecule has 1 atom stereocenters. The van der Waals surface area contributed by atoms with E-state index in [4.69, 9.17) is 0 Å². The molecule has 13 heteroatoms. The van der Waals surface area contributed by atoms with E-state index in [0.717, 1.165) is 28.6 Å². The monoisotopic (exact) mass is 667 g/mol. The molecule has 0 radical (unpaired) electrons. The Kier molecular flexibility index (Phi) is 7.47. The minimum Gasteiger partial charge on any atom is -0.330 e. The number of amides is 1. The molecule has 0 unspecified atom stereocenters. The molecule has 1 aliphatic rings. The Hall–Kier alpha value is -4.26. The fraction of sp³-hybridized carbons (Fsp3) is 0.323. The smallest absolute Gasteiger partial charge is 0.330 e. The molecule has 0 saturated carbocycles. The summed E-state index contributed by atoms with van der Waals surface area (Å²) in [7, 11) is 0. The highest BCUT2D eigenvalue weighted by Crippen LogP contribution is 2.36. The lowest BCUT2D eigenvalue weighted by atomic mass is 9.97. The Balaban J connectivity index is 1.46. The maximum absolute atomic E-state index is 14.3. The van der Waals surface area contributed by atoms with Gasteiger partial charge in [0.15, 0.2) is 0 Å². The predicted octanol–water partition coefficient (Wildman–Crippen LogP) is 6.15. The minimum atomic E-state index is -4.62. The maximum atomic E-state index is 14.3. The number of halogens is 4. The molecule has 1 amide bonds. The van der Waals surface area contributed by atoms with Crippen LogP contribution in [0.15, 0.2) is 57.9 Å². The number of alkyl halides is 3. The maximum Gasteiger partial charge on any atom is 0.417 e. The molecule has 4 heterocycles. The molecule has 0 aliphatic carbocycles. The number of hydrogen-bond donors (Lipinski definition) is 1. The van der Waals surface area contributed by atoms with Crippen LogP contribution in [0.2, 0.25) is 0 Å². The van der Waals surface area contributed by atoms with Crippen LogP contribution in [0, 0.1) is 12.8 Å². The second kappa shape index (κ2) is 11.0. The third-order valence-electron chi connectivity index (χ3n) is 7.99. The van der Waals surface area contributed by atoms with Crippen LogP contribution in [0.4, 0.5) is 13.2 Å². The van der Waals surface area contributed by atoms with Gasteiger partial charge in [0.25, 0.3) is 11.5 Å². The quantitative estimate of drug-likeness (QED) is 0.243. The largest absolute Gasteiger partial charge is 0.417 e. The Morgan fingerprint density at radius 3 is 2.52 bits per heavy atom. The van der Waals surface area contributed by atoms with Gasteiger partial charge in [-0.3, -0.25) is 19.3 Å². The molecule has 2 aromatic carbocycles. The first-order valence-corrected chi connectivity index (χ1v) is 14.9. The van der Waals surface area contributed by atoms with Crippen molar-refractivity contribution in [3.63, 3.8) is 0 Å². The van der Waals surface area contributed by atoms with Crippen molar-refractivity contribution in [2.45, 2.75) is 59.3 Å². The van der Waals surface area contributed by atoms with Gasteiger partial charge < -0.3 is 4.90 Å². The summed E-state index contributed by atoms with van der Waals surface area (Å²) in [6.07, 6.45) is -2.00. The lowest BCUT2D eigenvalue weighted by Gasteiger charge is -2.35. The van der Waals surface area contributed by atoms with E-state index in [1.807, 2.05) is 31.2 Å². The van der Waals surface area contributed by atoms with Gasteiger partial charge in [0.05, 0.1) is 41.1 Å². The van der Waals surface area contributed by atoms with Gasteiger partial charge in [-0.15, -0.1) is 5.10 Å². The van der Waals surface area contributed by atoms with Crippen LogP contribution in [0.1, 0.15) is 59.2 Å². The van der Waals surface area contributed by atoms with Crippen LogP contribution in [-0.4, -0.2) is 46.4 Å². The highest BCUT2D eigenvalue weighted by molar-refractivity contribution is 9.10. The van der Waals surface area contributed by atoms with Crippen LogP contribution < -0.4 is 5.56 Å². The second-order valence-electron chi connectivity index (χ2n) is 11.6. The first kappa shape index (κ1) is 29.8. The lowest BCUT2D eigenvalue weighted by molar-refractivity contribution is -0.138. The van der Waals surface area contributed by atoms with Crippen LogP contribution in [0.5, 0.6) is 0 Å². The molecular formula is C31H29BrF3N7O2. The number of aromatic amines is 1. The van der Waals surface area contributed by atoms with Crippen molar-refractivity contribution in [1.82, 2.24) is 34.5 Å². The average molecular weight is 669 g/mol. The topological polar surface area (TPSA) is 101 Å². The zero-order valence-corrected chi connectivity index (χ0v) is 26.0. The van der Waals surface area contributed by atoms with Gasteiger partial charge in [0.2, 0.25) is 0 Å². The summed E-state index contributed by atoms with van der Waals surface area (Å²) < 4.78 is 44.0. The summed E-state index contributed by atoms with van der Waals surface area (Å²) in [6.45, 7) is 7.83. The van der Waals surface area contributed by atoms with Gasteiger partial charge in [0, 0.05) is 32.8 Å². The third-order valence-corrected chi connectivity index (χ3v) is 8.68. The number of nitrogens with zero attached hydrogens (tertiary/aromatic N) is 6. The summed E-state index contributed by atoms with van der Waals surface area (Å²) in [5.74, 6) is -0.272. The lowest BCUT2D eigenvalue weighted by Crippen LogP contribution is -2.46. The van der Waals surface area contributed by atoms with Gasteiger partial charge >= 0.3 is 6.18 Å². The Bertz CT molecular complexity index is 1960. The van der Waals surface area contributed by atoms with Crippen molar-refractivity contribution < 1.29 is 18.0 Å². The van der Waals surface area contributed by atoms with Crippen LogP contribution in [0.3, 0.4) is 0 Å². The number of rotatable bonds is 5. The summed E-state index contributed by atoms with van der Waals surface area (Å²) >= 11 is 2.94. The van der Waals surface area contributed by atoms with Crippen molar-refractivity contribution in [2.24, 2.45) is 5.92 Å². The highest BCUT2D eigenvalue weighted by atomic mass is 79.9. The van der Waals surface area contributed by atoms with E-state index in [1.165, 1.54) is 17.0 Å². The van der Waals surface area contributed by atoms with Crippen LogP contribution >= 0.6 is 15.9 Å². The highest BCUT2D eigenvalue weighted by Gasteiger charge is 2.36. The van der Waals surface area contributed by atoms with E-state index in [1.54, 1.807) is 22.2 Å². The average Bonchev–Trinajstić information content (AvgIpc) is 3.58. The molecule has 0 spiro atoms. The molecule has 5 aromatic rings. The number of fused-ring (bicyclic) bond motifs is 3. The first-order chi connectivity index (χ1) is 20.8. The summed E-state index contributed by atoms with van der Waals surface area (Å²) in [4.78, 5) is 29.4. The van der Waals surface area contributed by atoms with E-state index >= 15 is 0 Å². The summed E-state index contributed by atoms with van der Waals surface area (Å²) in [5.41, 5.74) is 4.38. The molecule has 0 saturated heterocycles. The first-order valence-electron chi connectivity index (χ1n) is 14.1. The SMILES string of the molecule is Cc1nn[nH]c1-c1ccc(-n2c(=O)c3c(n4ncc(CC(C)C)c24)CN(C(=O)c2ccc(Br)c(C(F)(F)F)c2)[C@@H](C)C3)cc1. The van der Waals surface area contributed by atoms with Crippen molar-refractivity contribution in [2.75, 3.05) is 0 Å². The number of carbonyl (C=O) groups excluding carboxylic acids is 1. The molecule has 9 nitrogen and oxygen atoms in total. The standard InChI is InChI=1S/C31H29BrF3N7O2/c1-16(2)11-21-14-36-42-26-15-40(29(43)20-7-10-25(32)24(13-20)31(33,34)35)17(3)12-23(26)30(44)41(28(21)42)22-8-5-19(6-9-22)27-18(4)37-39-38-27/h5-10,13-14,16-17H,11-12,15H2,1-4H3,(H,37,38,39)/t17-/m0/s1. The van der Waals surface area contributed by atoms with E-state index in [0.29, 0.717) is 29.0 Å². The molecule has 1 aliphatic heterocycles. The van der Waals surface area contributed by atoms with Gasteiger partial charge in [0.1, 0.15) is 5.65 Å². The number of nitrogens with one attached hydrogen (secondary N) is 1. The molecule has 0 bridgehead atoms. The Morgan fingerprint density at radius 1 is 1.16 bits per heavy atom. The van der Waals surface area contributed by atoms with Crippen molar-refractivity contribution in [3.8, 4) is 16.9 Å². The second-order valence-corrected chi connectivity index (χ2v) is 12.4. The molecule has 228 valence electrons. The number of H-pyrrole nitrogens is 1. The van der Waals surface area contributed by atoms with Gasteiger partial charge in [-0.05, 0) is 62.9 Å². The van der Waals surface area contributed by atoms with Crippen LogP contribution in [-0.2, 0) is 25.6 Å². The van der Waals surface area contributed by atoms with Gasteiger partial charge in [-0.25, -0.2) is 4.52 Å². The molecule has 3 aromatic heterocycles. The Labute approximate surface area is 258 Å². The zero-order valence-electron chi connectivity index (χ0n) is 24.4. The number of aromatic nitrogens is 6. The van der Waals surface area contributed by atoms with Gasteiger partial charge in [-0.2, -0.15) is 18.3 Å². The van der Waals surface area contributed by atoms with E-state index in [9.17, 15) is 22.8 Å². The zero-order chi connectivity index (χ0) is 31.5. The fourth-order valence-corrected chi connectivity index (χ4v) is 6.32. The molecular weight excluding hydrogens is 639 g/mol. The Morgan fingerprint density at radius 2 is 1.89 bits per heavy atom. The minimum absolute atomic E-state index is 0.0210. The number of carbonyl (C=O) groups is 1. The predicted molar refractivity (Wildman–Crippen MR) is 162 cm³/mol. The molecule has 0 fully saturated rings. The molecule has 44 heavy (non-hydrogen) atoms. The van der Waals surface area contributed by atoms with E-state index < -0.39 is 23.7 Å². The van der Waals surface area contributed by atoms with Crippen molar-refractivity contribution >= 4 is 27.5 Å². The molecule has 1 N–H and O–H groups in total. The van der Waals surface area contributed by atoms with Crippen LogP contribution in [0.25, 0.3) is 22.6 Å². The summed E-state index contributed by atoms with van der Waals surface area (Å²) in [5, 5.41) is 15.4. The number of benzene rings is 2.